The van der Waals surface area contributed by atoms with Gasteiger partial charge in [0.15, 0.2) is 5.58 Å². The molecule has 11 rings (SSSR count). The van der Waals surface area contributed by atoms with Gasteiger partial charge in [0.1, 0.15) is 5.52 Å². The van der Waals surface area contributed by atoms with E-state index in [4.69, 9.17) is 9.40 Å². The van der Waals surface area contributed by atoms with Gasteiger partial charge in [-0.3, -0.25) is 0 Å². The van der Waals surface area contributed by atoms with Crippen LogP contribution in [-0.2, 0) is 0 Å². The molecule has 282 valence electrons. The van der Waals surface area contributed by atoms with E-state index in [0.29, 0.717) is 5.89 Å². The van der Waals surface area contributed by atoms with Gasteiger partial charge in [-0.25, -0.2) is 4.98 Å². The van der Waals surface area contributed by atoms with Gasteiger partial charge in [0, 0.05) is 16.9 Å². The van der Waals surface area contributed by atoms with Gasteiger partial charge in [0.2, 0.25) is 5.89 Å². The minimum Gasteiger partial charge on any atom is -0.436 e. The van der Waals surface area contributed by atoms with Crippen LogP contribution in [0.4, 0.5) is 0 Å². The quantitative estimate of drug-likeness (QED) is 0.144. The smallest absolute Gasteiger partial charge is 0.227 e. The number of rotatable bonds is 8. The largest absolute Gasteiger partial charge is 0.436 e. The standard InChI is InChI=1S/C58H39NO/c1-3-17-39(18-4-1)42-23-13-27-46(35-42)56(47-28-15-25-44(37-47)49-34-16-22-40-19-7-8-29-48(40)49)52-32-11-9-30-50(52)43-24-14-26-45(36-43)54-38-55-57(53-33-12-10-31-51(53)54)59-58(60-55)41-20-5-2-6-21-41/h1-38,56H. The summed E-state index contributed by atoms with van der Waals surface area (Å²) in [7, 11) is 0. The fourth-order valence-corrected chi connectivity index (χ4v) is 9.01. The summed E-state index contributed by atoms with van der Waals surface area (Å²) in [4.78, 5) is 5.00. The fraction of sp³-hybridized carbons (Fsp3) is 0.0172. The van der Waals surface area contributed by atoms with Crippen molar-refractivity contribution in [2.45, 2.75) is 5.92 Å². The van der Waals surface area contributed by atoms with Crippen molar-refractivity contribution in [1.82, 2.24) is 4.98 Å². The SMILES string of the molecule is c1ccc(-c2cccc(C(c3cccc(-c4cccc5ccccc45)c3)c3ccccc3-c3cccc(-c4cc5oc(-c6ccccc6)nc5c5ccccc45)c3)c2)cc1. The molecule has 1 aromatic heterocycles. The minimum atomic E-state index is -0.0498. The second-order valence-corrected chi connectivity index (χ2v) is 15.4. The van der Waals surface area contributed by atoms with E-state index in [2.05, 4.69) is 200 Å². The molecule has 2 heteroatoms. The lowest BCUT2D eigenvalue weighted by Crippen LogP contribution is -2.06. The van der Waals surface area contributed by atoms with Crippen LogP contribution in [0, 0.1) is 0 Å². The maximum atomic E-state index is 6.48. The van der Waals surface area contributed by atoms with Crippen molar-refractivity contribution < 1.29 is 4.42 Å². The molecule has 1 unspecified atom stereocenters. The number of hydrogen-bond acceptors (Lipinski definition) is 2. The van der Waals surface area contributed by atoms with Crippen LogP contribution in [0.15, 0.2) is 235 Å². The van der Waals surface area contributed by atoms with Gasteiger partial charge in [-0.1, -0.05) is 206 Å². The normalized spacial score (nSPS) is 11.9. The first-order valence-corrected chi connectivity index (χ1v) is 20.6. The second-order valence-electron chi connectivity index (χ2n) is 15.4. The van der Waals surface area contributed by atoms with E-state index >= 15 is 0 Å². The highest BCUT2D eigenvalue weighted by molar-refractivity contribution is 6.11. The topological polar surface area (TPSA) is 26.0 Å². The Morgan fingerprint density at radius 2 is 0.850 bits per heavy atom. The summed E-state index contributed by atoms with van der Waals surface area (Å²) in [5.74, 6) is 0.578. The molecule has 10 aromatic carbocycles. The molecule has 0 N–H and O–H groups in total. The monoisotopic (exact) mass is 765 g/mol. The Labute approximate surface area is 349 Å². The maximum Gasteiger partial charge on any atom is 0.227 e. The summed E-state index contributed by atoms with van der Waals surface area (Å²) in [5.41, 5.74) is 15.8. The van der Waals surface area contributed by atoms with E-state index in [1.165, 1.54) is 55.3 Å². The average molecular weight is 766 g/mol. The first-order chi connectivity index (χ1) is 29.7. The molecule has 2 nitrogen and oxygen atoms in total. The Hall–Kier alpha value is -7.81. The summed E-state index contributed by atoms with van der Waals surface area (Å²) in [5, 5.41) is 4.71. The van der Waals surface area contributed by atoms with Gasteiger partial charge < -0.3 is 4.42 Å². The molecule has 0 saturated carbocycles. The molecule has 0 amide bonds. The van der Waals surface area contributed by atoms with E-state index in [9.17, 15) is 0 Å². The van der Waals surface area contributed by atoms with Crippen molar-refractivity contribution in [3.8, 4) is 56.0 Å². The third-order valence-corrected chi connectivity index (χ3v) is 11.8. The maximum absolute atomic E-state index is 6.48. The zero-order valence-corrected chi connectivity index (χ0v) is 32.9. The molecule has 0 radical (unpaired) electrons. The number of oxazole rings is 1. The van der Waals surface area contributed by atoms with Crippen LogP contribution >= 0.6 is 0 Å². The lowest BCUT2D eigenvalue weighted by molar-refractivity contribution is 0.620. The number of fused-ring (bicyclic) bond motifs is 4. The van der Waals surface area contributed by atoms with E-state index in [-0.39, 0.29) is 5.92 Å². The fourth-order valence-electron chi connectivity index (χ4n) is 9.01. The summed E-state index contributed by atoms with van der Waals surface area (Å²) >= 11 is 0. The highest BCUT2D eigenvalue weighted by Gasteiger charge is 2.23. The molecule has 1 heterocycles. The highest BCUT2D eigenvalue weighted by atomic mass is 16.3. The molecule has 0 aliphatic heterocycles. The van der Waals surface area contributed by atoms with E-state index in [1.807, 2.05) is 30.3 Å². The molecule has 1 atom stereocenters. The van der Waals surface area contributed by atoms with E-state index < -0.39 is 0 Å². The number of aromatic nitrogens is 1. The predicted octanol–water partition coefficient (Wildman–Crippen LogP) is 15.6. The van der Waals surface area contributed by atoms with Crippen LogP contribution < -0.4 is 0 Å². The Bertz CT molecular complexity index is 3320. The molecule has 0 spiro atoms. The van der Waals surface area contributed by atoms with Crippen molar-refractivity contribution >= 4 is 32.6 Å². The van der Waals surface area contributed by atoms with E-state index in [0.717, 1.165) is 44.1 Å². The van der Waals surface area contributed by atoms with Crippen LogP contribution in [-0.4, -0.2) is 4.98 Å². The lowest BCUT2D eigenvalue weighted by atomic mass is 9.79. The first kappa shape index (κ1) is 35.4. The van der Waals surface area contributed by atoms with Gasteiger partial charge in [-0.05, 0) is 102 Å². The third-order valence-electron chi connectivity index (χ3n) is 11.8. The average Bonchev–Trinajstić information content (AvgIpc) is 3.77. The van der Waals surface area contributed by atoms with Crippen LogP contribution in [0.3, 0.4) is 0 Å². The van der Waals surface area contributed by atoms with Gasteiger partial charge in [0.05, 0.1) is 0 Å². The van der Waals surface area contributed by atoms with Crippen molar-refractivity contribution in [2.24, 2.45) is 0 Å². The Morgan fingerprint density at radius 3 is 1.63 bits per heavy atom. The molecule has 0 aliphatic rings. The summed E-state index contributed by atoms with van der Waals surface area (Å²) < 4.78 is 6.48. The molecular weight excluding hydrogens is 727 g/mol. The highest BCUT2D eigenvalue weighted by Crippen LogP contribution is 2.43. The molecular formula is C58H39NO. The van der Waals surface area contributed by atoms with Crippen LogP contribution in [0.5, 0.6) is 0 Å². The predicted molar refractivity (Wildman–Crippen MR) is 250 cm³/mol. The Balaban J connectivity index is 1.08. The van der Waals surface area contributed by atoms with Crippen molar-refractivity contribution in [3.05, 3.63) is 247 Å². The van der Waals surface area contributed by atoms with Gasteiger partial charge in [-0.2, -0.15) is 0 Å². The molecule has 0 fully saturated rings. The van der Waals surface area contributed by atoms with Crippen LogP contribution in [0.25, 0.3) is 88.6 Å². The third kappa shape index (κ3) is 6.45. The van der Waals surface area contributed by atoms with Gasteiger partial charge in [-0.15, -0.1) is 0 Å². The Morgan fingerprint density at radius 1 is 0.333 bits per heavy atom. The number of hydrogen-bond donors (Lipinski definition) is 0. The zero-order chi connectivity index (χ0) is 39.8. The zero-order valence-electron chi connectivity index (χ0n) is 32.9. The molecule has 0 bridgehead atoms. The van der Waals surface area contributed by atoms with Gasteiger partial charge >= 0.3 is 0 Å². The molecule has 11 aromatic rings. The second kappa shape index (κ2) is 15.2. The van der Waals surface area contributed by atoms with Crippen LogP contribution in [0.2, 0.25) is 0 Å². The van der Waals surface area contributed by atoms with Crippen molar-refractivity contribution in [1.29, 1.82) is 0 Å². The number of benzene rings is 10. The first-order valence-electron chi connectivity index (χ1n) is 20.6. The summed E-state index contributed by atoms with van der Waals surface area (Å²) in [6.45, 7) is 0. The minimum absolute atomic E-state index is 0.0498. The summed E-state index contributed by atoms with van der Waals surface area (Å²) in [6.07, 6.45) is 0. The molecule has 60 heavy (non-hydrogen) atoms. The van der Waals surface area contributed by atoms with Gasteiger partial charge in [0.25, 0.3) is 0 Å². The van der Waals surface area contributed by atoms with Crippen LogP contribution in [0.1, 0.15) is 22.6 Å². The van der Waals surface area contributed by atoms with Crippen molar-refractivity contribution in [2.75, 3.05) is 0 Å². The van der Waals surface area contributed by atoms with E-state index in [1.54, 1.807) is 0 Å². The molecule has 0 saturated heterocycles. The lowest BCUT2D eigenvalue weighted by Gasteiger charge is -2.24. The Kier molecular flexibility index (Phi) is 8.94. The number of nitrogens with zero attached hydrogens (tertiary/aromatic N) is 1. The van der Waals surface area contributed by atoms with Crippen molar-refractivity contribution in [3.63, 3.8) is 0 Å². The summed E-state index contributed by atoms with van der Waals surface area (Å²) in [6, 6.07) is 82.9. The molecule has 0 aliphatic carbocycles.